The molecule has 4 heterocycles. The Balaban J connectivity index is 1.63. The zero-order chi connectivity index (χ0) is 23.3. The van der Waals surface area contributed by atoms with E-state index in [0.29, 0.717) is 22.6 Å². The average Bonchev–Trinajstić information content (AvgIpc) is 3.37. The Kier molecular flexibility index (Phi) is 4.85. The van der Waals surface area contributed by atoms with Crippen LogP contribution in [0.15, 0.2) is 34.3 Å². The van der Waals surface area contributed by atoms with Crippen molar-refractivity contribution in [2.45, 2.75) is 25.1 Å². The van der Waals surface area contributed by atoms with Gasteiger partial charge in [-0.15, -0.1) is 0 Å². The maximum atomic E-state index is 12.9. The summed E-state index contributed by atoms with van der Waals surface area (Å²) in [6.45, 7) is 0. The molecule has 4 aromatic heterocycles. The standard InChI is InChI=1S/C19H14ClF3N8O2/c20-11-4-9(19(21,22)23)7-24-15(11)28-13-5-14(26-10-1-2-10)31-16(29-13)8(6-25-31)3-12-17(32)30-18(33)27-12/h3-7,10,32H,1-2H2,(H,24,28)(H2,27,30,33)/b8-3+,26-14?. The molecular formula is C19H14ClF3N8O2. The van der Waals surface area contributed by atoms with Crippen LogP contribution in [0.3, 0.4) is 0 Å². The molecule has 1 fully saturated rings. The number of aromatic amines is 2. The van der Waals surface area contributed by atoms with E-state index in [4.69, 9.17) is 11.6 Å². The summed E-state index contributed by atoms with van der Waals surface area (Å²) in [5.74, 6) is -0.146. The van der Waals surface area contributed by atoms with Gasteiger partial charge in [0.25, 0.3) is 0 Å². The molecule has 170 valence electrons. The van der Waals surface area contributed by atoms with E-state index >= 15 is 0 Å². The smallest absolute Gasteiger partial charge is 0.417 e. The fourth-order valence-electron chi connectivity index (χ4n) is 3.07. The third-order valence-corrected chi connectivity index (χ3v) is 5.08. The number of aromatic nitrogens is 6. The summed E-state index contributed by atoms with van der Waals surface area (Å²) < 4.78 is 40.2. The van der Waals surface area contributed by atoms with Gasteiger partial charge in [0.15, 0.2) is 11.1 Å². The number of aromatic hydroxyl groups is 1. The van der Waals surface area contributed by atoms with Crippen molar-refractivity contribution in [3.63, 3.8) is 0 Å². The number of nitrogens with one attached hydrogen (secondary N) is 3. The minimum atomic E-state index is -4.57. The van der Waals surface area contributed by atoms with Gasteiger partial charge in [0.1, 0.15) is 17.3 Å². The Bertz CT molecular complexity index is 1550. The lowest BCUT2D eigenvalue weighted by Gasteiger charge is -2.10. The number of imidazole rings is 1. The van der Waals surface area contributed by atoms with Crippen molar-refractivity contribution in [3.8, 4) is 5.88 Å². The lowest BCUT2D eigenvalue weighted by atomic mass is 10.3. The molecule has 33 heavy (non-hydrogen) atoms. The molecule has 0 saturated heterocycles. The van der Waals surface area contributed by atoms with Crippen molar-refractivity contribution in [2.24, 2.45) is 4.99 Å². The van der Waals surface area contributed by atoms with Crippen LogP contribution in [-0.2, 0) is 6.18 Å². The van der Waals surface area contributed by atoms with Gasteiger partial charge in [-0.2, -0.15) is 22.8 Å². The zero-order valence-electron chi connectivity index (χ0n) is 16.5. The Morgan fingerprint density at radius 2 is 2.06 bits per heavy atom. The molecule has 4 aromatic rings. The van der Waals surface area contributed by atoms with Crippen molar-refractivity contribution >= 4 is 35.0 Å². The molecule has 0 unspecified atom stereocenters. The van der Waals surface area contributed by atoms with Gasteiger partial charge in [0.05, 0.1) is 22.8 Å². The van der Waals surface area contributed by atoms with E-state index in [1.165, 1.54) is 16.8 Å². The molecule has 0 atom stereocenters. The number of fused-ring (bicyclic) bond motifs is 1. The van der Waals surface area contributed by atoms with Crippen LogP contribution in [0.5, 0.6) is 5.88 Å². The molecule has 14 heteroatoms. The number of hydrogen-bond acceptors (Lipinski definition) is 7. The van der Waals surface area contributed by atoms with Crippen LogP contribution in [0.4, 0.5) is 24.8 Å². The molecule has 0 aliphatic heterocycles. The van der Waals surface area contributed by atoms with Crippen LogP contribution < -0.4 is 21.7 Å². The van der Waals surface area contributed by atoms with Crippen LogP contribution in [0, 0.1) is 0 Å². The van der Waals surface area contributed by atoms with Gasteiger partial charge < -0.3 is 15.4 Å². The second-order valence-electron chi connectivity index (χ2n) is 7.36. The molecule has 5 rings (SSSR count). The predicted molar refractivity (Wildman–Crippen MR) is 111 cm³/mol. The van der Waals surface area contributed by atoms with E-state index in [-0.39, 0.29) is 34.3 Å². The largest absolute Gasteiger partial charge is 0.493 e. The minimum absolute atomic E-state index is 0.0171. The number of halogens is 4. The summed E-state index contributed by atoms with van der Waals surface area (Å²) >= 11 is 6.01. The van der Waals surface area contributed by atoms with Crippen LogP contribution in [-0.4, -0.2) is 40.7 Å². The lowest BCUT2D eigenvalue weighted by Crippen LogP contribution is -2.20. The fourth-order valence-corrected chi connectivity index (χ4v) is 3.28. The first-order valence-electron chi connectivity index (χ1n) is 9.63. The number of rotatable bonds is 4. The lowest BCUT2D eigenvalue weighted by molar-refractivity contribution is -0.137. The third kappa shape index (κ3) is 4.26. The molecule has 1 aliphatic carbocycles. The molecule has 0 radical (unpaired) electrons. The quantitative estimate of drug-likeness (QED) is 0.353. The van der Waals surface area contributed by atoms with Crippen molar-refractivity contribution in [3.05, 3.63) is 62.0 Å². The molecule has 4 N–H and O–H groups in total. The first kappa shape index (κ1) is 21.0. The van der Waals surface area contributed by atoms with Gasteiger partial charge >= 0.3 is 11.9 Å². The molecule has 10 nitrogen and oxygen atoms in total. The third-order valence-electron chi connectivity index (χ3n) is 4.79. The number of hydrogen-bond donors (Lipinski definition) is 4. The zero-order valence-corrected chi connectivity index (χ0v) is 17.2. The van der Waals surface area contributed by atoms with E-state index in [2.05, 4.69) is 35.3 Å². The maximum Gasteiger partial charge on any atom is 0.417 e. The van der Waals surface area contributed by atoms with Crippen LogP contribution in [0.25, 0.3) is 11.7 Å². The van der Waals surface area contributed by atoms with E-state index in [1.54, 1.807) is 6.07 Å². The summed E-state index contributed by atoms with van der Waals surface area (Å²) in [6.07, 6.45) is 0.902. The molecule has 0 spiro atoms. The first-order chi connectivity index (χ1) is 15.7. The minimum Gasteiger partial charge on any atom is -0.493 e. The topological polar surface area (TPSA) is 136 Å². The Morgan fingerprint density at radius 3 is 2.70 bits per heavy atom. The Hall–Kier alpha value is -3.87. The highest BCUT2D eigenvalue weighted by atomic mass is 35.5. The van der Waals surface area contributed by atoms with E-state index in [0.717, 1.165) is 18.9 Å². The highest BCUT2D eigenvalue weighted by Gasteiger charge is 2.31. The summed E-state index contributed by atoms with van der Waals surface area (Å²) in [4.78, 5) is 28.9. The first-order valence-corrected chi connectivity index (χ1v) is 10.0. The molecule has 1 aliphatic rings. The van der Waals surface area contributed by atoms with Crippen molar-refractivity contribution in [1.29, 1.82) is 0 Å². The van der Waals surface area contributed by atoms with Gasteiger partial charge in [-0.05, 0) is 25.0 Å². The van der Waals surface area contributed by atoms with Crippen LogP contribution >= 0.6 is 11.6 Å². The normalized spacial score (nSPS) is 15.5. The Labute approximate surface area is 186 Å². The average molecular weight is 479 g/mol. The SMILES string of the molecule is O=c1[nH]c(O)c(/C=c2\cnn3c(=NC4CC4)cc(Nc4ncc(C(F)(F)F)cc4Cl)nc23)[nH]1. The predicted octanol–water partition coefficient (Wildman–Crippen LogP) is 1.87. The van der Waals surface area contributed by atoms with Gasteiger partial charge in [0.2, 0.25) is 5.88 Å². The summed E-state index contributed by atoms with van der Waals surface area (Å²) in [5, 5.41) is 17.2. The second kappa shape index (κ2) is 7.62. The van der Waals surface area contributed by atoms with E-state index in [1.807, 2.05) is 0 Å². The van der Waals surface area contributed by atoms with E-state index in [9.17, 15) is 23.1 Å². The summed E-state index contributed by atoms with van der Waals surface area (Å²) in [6, 6.07) is 2.49. The van der Waals surface area contributed by atoms with Crippen molar-refractivity contribution in [1.82, 2.24) is 29.5 Å². The monoisotopic (exact) mass is 478 g/mol. The molecular weight excluding hydrogens is 465 g/mol. The maximum absolute atomic E-state index is 12.9. The fraction of sp³-hybridized carbons (Fsp3) is 0.211. The molecule has 0 amide bonds. The highest BCUT2D eigenvalue weighted by molar-refractivity contribution is 6.33. The highest BCUT2D eigenvalue weighted by Crippen LogP contribution is 2.33. The number of alkyl halides is 3. The second-order valence-corrected chi connectivity index (χ2v) is 7.77. The van der Waals surface area contributed by atoms with Crippen LogP contribution in [0.1, 0.15) is 24.1 Å². The van der Waals surface area contributed by atoms with E-state index < -0.39 is 17.4 Å². The summed E-state index contributed by atoms with van der Waals surface area (Å²) in [5.41, 5.74) is -0.650. The van der Waals surface area contributed by atoms with Crippen molar-refractivity contribution < 1.29 is 18.3 Å². The van der Waals surface area contributed by atoms with Crippen LogP contribution in [0.2, 0.25) is 5.02 Å². The molecule has 1 saturated carbocycles. The Morgan fingerprint density at radius 1 is 1.27 bits per heavy atom. The number of pyridine rings is 1. The van der Waals surface area contributed by atoms with Crippen molar-refractivity contribution in [2.75, 3.05) is 5.32 Å². The van der Waals surface area contributed by atoms with Gasteiger partial charge in [-0.1, -0.05) is 11.6 Å². The van der Waals surface area contributed by atoms with Gasteiger partial charge in [-0.3, -0.25) is 9.98 Å². The molecule has 0 aromatic carbocycles. The number of nitrogens with zero attached hydrogens (tertiary/aromatic N) is 5. The molecule has 0 bridgehead atoms. The van der Waals surface area contributed by atoms with Gasteiger partial charge in [0, 0.05) is 17.5 Å². The number of H-pyrrole nitrogens is 2. The number of anilines is 2. The van der Waals surface area contributed by atoms with Gasteiger partial charge in [-0.25, -0.2) is 14.8 Å². The summed E-state index contributed by atoms with van der Waals surface area (Å²) in [7, 11) is 0.